The van der Waals surface area contributed by atoms with Gasteiger partial charge in [0.1, 0.15) is 0 Å². The fourth-order valence-corrected chi connectivity index (χ4v) is 14.6. The number of benzene rings is 13. The Morgan fingerprint density at radius 1 is 0.250 bits per heavy atom. The first-order valence-corrected chi connectivity index (χ1v) is 30.8. The van der Waals surface area contributed by atoms with Crippen LogP contribution in [-0.4, -0.2) is 9.13 Å². The summed E-state index contributed by atoms with van der Waals surface area (Å²) in [5, 5.41) is 5.00. The van der Waals surface area contributed by atoms with Crippen molar-refractivity contribution < 1.29 is 0 Å². The Labute approximate surface area is 513 Å². The van der Waals surface area contributed by atoms with Crippen molar-refractivity contribution in [2.45, 2.75) is 40.5 Å². The molecule has 0 bridgehead atoms. The van der Waals surface area contributed by atoms with Crippen LogP contribution in [0.4, 0.5) is 34.1 Å². The second-order valence-corrected chi connectivity index (χ2v) is 24.2. The van der Waals surface area contributed by atoms with Gasteiger partial charge in [-0.3, -0.25) is 0 Å². The lowest BCUT2D eigenvalue weighted by Gasteiger charge is -2.33. The molecule has 88 heavy (non-hydrogen) atoms. The SMILES string of the molecule is Cc1ccc(-c2ccccc2)cc1N(c1cc(-c2ccccc2)ccc1C)c1ccc2c3cc4c(cc3n3c2c1Cc1ccccc1-3)c1ccc(N(c2cc(-c3ccccc3)ccc2C)c2cc(-c3ccccc3)ccc2C)c2c1n4-c1ccccc1C2. The number of aryl methyl sites for hydroxylation is 4. The third-order valence-electron chi connectivity index (χ3n) is 19.0. The Bertz CT molecular complexity index is 4790. The predicted octanol–water partition coefficient (Wildman–Crippen LogP) is 22.5. The van der Waals surface area contributed by atoms with E-state index in [0.29, 0.717) is 0 Å². The molecule has 4 heterocycles. The smallest absolute Gasteiger partial charge is 0.0597 e. The highest BCUT2D eigenvalue weighted by molar-refractivity contribution is 6.21. The molecule has 0 aliphatic carbocycles. The molecule has 418 valence electrons. The lowest BCUT2D eigenvalue weighted by atomic mass is 9.93. The van der Waals surface area contributed by atoms with Crippen LogP contribution in [-0.2, 0) is 12.8 Å². The third-order valence-corrected chi connectivity index (χ3v) is 19.0. The van der Waals surface area contributed by atoms with Crippen LogP contribution in [0.2, 0.25) is 0 Å². The van der Waals surface area contributed by atoms with E-state index in [2.05, 4.69) is 326 Å². The minimum atomic E-state index is 0.788. The first-order chi connectivity index (χ1) is 43.3. The second kappa shape index (κ2) is 20.4. The maximum Gasteiger partial charge on any atom is 0.0597 e. The average molecular weight is 1130 g/mol. The van der Waals surface area contributed by atoms with Gasteiger partial charge in [0.05, 0.1) is 33.4 Å². The molecule has 13 aromatic carbocycles. The summed E-state index contributed by atoms with van der Waals surface area (Å²) in [4.78, 5) is 5.16. The molecule has 0 spiro atoms. The molecule has 15 aromatic rings. The number of rotatable bonds is 10. The number of anilines is 6. The summed E-state index contributed by atoms with van der Waals surface area (Å²) in [5.74, 6) is 0. The van der Waals surface area contributed by atoms with E-state index >= 15 is 0 Å². The molecule has 0 fully saturated rings. The fraction of sp³-hybridized carbons (Fsp3) is 0.0714. The Morgan fingerprint density at radius 2 is 0.545 bits per heavy atom. The van der Waals surface area contributed by atoms with Gasteiger partial charge in [-0.25, -0.2) is 0 Å². The monoisotopic (exact) mass is 1130 g/mol. The molecular weight excluding hydrogens is 1060 g/mol. The zero-order valence-electron chi connectivity index (χ0n) is 49.8. The molecule has 4 nitrogen and oxygen atoms in total. The molecule has 4 heteroatoms. The van der Waals surface area contributed by atoms with Crippen molar-refractivity contribution in [3.05, 3.63) is 324 Å². The zero-order valence-corrected chi connectivity index (χ0v) is 49.8. The maximum absolute atomic E-state index is 2.61. The van der Waals surface area contributed by atoms with Gasteiger partial charge in [0.25, 0.3) is 0 Å². The molecule has 0 N–H and O–H groups in total. The molecule has 2 aromatic heterocycles. The average Bonchev–Trinajstić information content (AvgIpc) is 1.57. The molecule has 0 radical (unpaired) electrons. The van der Waals surface area contributed by atoms with Crippen molar-refractivity contribution in [1.29, 1.82) is 0 Å². The van der Waals surface area contributed by atoms with Crippen LogP contribution in [0.3, 0.4) is 0 Å². The maximum atomic E-state index is 2.61. The predicted molar refractivity (Wildman–Crippen MR) is 371 cm³/mol. The van der Waals surface area contributed by atoms with E-state index in [1.54, 1.807) is 0 Å². The van der Waals surface area contributed by atoms with Gasteiger partial charge in [-0.2, -0.15) is 0 Å². The Morgan fingerprint density at radius 3 is 0.864 bits per heavy atom. The molecule has 2 aliphatic rings. The van der Waals surface area contributed by atoms with Crippen molar-refractivity contribution in [3.8, 4) is 55.9 Å². The van der Waals surface area contributed by atoms with Crippen LogP contribution >= 0.6 is 0 Å². The third kappa shape index (κ3) is 8.13. The molecule has 0 atom stereocenters. The lowest BCUT2D eigenvalue weighted by molar-refractivity contribution is 1.03. The lowest BCUT2D eigenvalue weighted by Crippen LogP contribution is -2.17. The minimum absolute atomic E-state index is 0.788. The Kier molecular flexibility index (Phi) is 11.9. The van der Waals surface area contributed by atoms with Crippen LogP contribution < -0.4 is 9.80 Å². The molecule has 0 saturated carbocycles. The van der Waals surface area contributed by atoms with Gasteiger partial charge < -0.3 is 18.9 Å². The highest BCUT2D eigenvalue weighted by atomic mass is 15.2. The van der Waals surface area contributed by atoms with Gasteiger partial charge in [-0.05, 0) is 166 Å². The molecule has 0 unspecified atom stereocenters. The highest BCUT2D eigenvalue weighted by Gasteiger charge is 2.33. The van der Waals surface area contributed by atoms with Gasteiger partial charge in [0, 0.05) is 79.6 Å². The van der Waals surface area contributed by atoms with Gasteiger partial charge in [0.2, 0.25) is 0 Å². The Balaban J connectivity index is 0.927. The number of hydrogen-bond donors (Lipinski definition) is 0. The molecule has 0 amide bonds. The minimum Gasteiger partial charge on any atom is -0.310 e. The van der Waals surface area contributed by atoms with E-state index in [-0.39, 0.29) is 0 Å². The van der Waals surface area contributed by atoms with Gasteiger partial charge in [0.15, 0.2) is 0 Å². The topological polar surface area (TPSA) is 16.3 Å². The van der Waals surface area contributed by atoms with Crippen LogP contribution in [0.25, 0.3) is 99.5 Å². The van der Waals surface area contributed by atoms with Crippen LogP contribution in [0.1, 0.15) is 44.5 Å². The zero-order chi connectivity index (χ0) is 58.7. The molecule has 0 saturated heterocycles. The molecule has 2 aliphatic heterocycles. The van der Waals surface area contributed by atoms with E-state index in [9.17, 15) is 0 Å². The van der Waals surface area contributed by atoms with Crippen LogP contribution in [0.15, 0.2) is 279 Å². The van der Waals surface area contributed by atoms with Crippen molar-refractivity contribution >= 4 is 77.7 Å². The summed E-state index contributed by atoms with van der Waals surface area (Å²) in [7, 11) is 0. The number of para-hydroxylation sites is 2. The number of fused-ring (bicyclic) bond motifs is 10. The van der Waals surface area contributed by atoms with E-state index in [4.69, 9.17) is 0 Å². The standard InChI is InChI=1S/C84H62N4/c1-53-33-37-61(57-21-9-5-10-22-57)47-77(53)85(78-48-62(38-34-54(78)2)58-23-11-6-12-24-58)75-43-41-67-69-51-82-70(52-81(69)87-73-31-19-17-29-65(73)45-71(75)83(67)87)68-42-44-76(72-46-66-30-18-20-32-74(66)88(82)84(68)72)86(79-49-63(39-35-55(79)3)59-25-13-7-14-26-59)80-50-64(40-36-56(80)4)60-27-15-8-16-28-60/h5-44,47-52H,45-46H2,1-4H3. The van der Waals surface area contributed by atoms with Gasteiger partial charge in [-0.1, -0.05) is 218 Å². The number of aromatic nitrogens is 2. The summed E-state index contributed by atoms with van der Waals surface area (Å²) in [6.45, 7) is 9.07. The van der Waals surface area contributed by atoms with Gasteiger partial charge >= 0.3 is 0 Å². The fourth-order valence-electron chi connectivity index (χ4n) is 14.6. The second-order valence-electron chi connectivity index (χ2n) is 24.2. The first kappa shape index (κ1) is 51.5. The Hall–Kier alpha value is -10.9. The highest BCUT2D eigenvalue weighted by Crippen LogP contribution is 2.53. The summed E-state index contributed by atoms with van der Waals surface area (Å²) in [6, 6.07) is 104. The summed E-state index contributed by atoms with van der Waals surface area (Å²) in [6.07, 6.45) is 1.58. The van der Waals surface area contributed by atoms with E-state index in [1.807, 2.05) is 0 Å². The normalized spacial score (nSPS) is 12.2. The molecule has 17 rings (SSSR count). The van der Waals surface area contributed by atoms with Crippen molar-refractivity contribution in [3.63, 3.8) is 0 Å². The number of nitrogens with zero attached hydrogens (tertiary/aromatic N) is 4. The van der Waals surface area contributed by atoms with Crippen molar-refractivity contribution in [1.82, 2.24) is 9.13 Å². The largest absolute Gasteiger partial charge is 0.310 e. The van der Waals surface area contributed by atoms with Crippen LogP contribution in [0, 0.1) is 27.7 Å². The van der Waals surface area contributed by atoms with E-state index in [1.165, 1.54) is 155 Å². The van der Waals surface area contributed by atoms with Crippen molar-refractivity contribution in [2.24, 2.45) is 0 Å². The summed E-state index contributed by atoms with van der Waals surface area (Å²) < 4.78 is 5.22. The van der Waals surface area contributed by atoms with Crippen molar-refractivity contribution in [2.75, 3.05) is 9.80 Å². The quantitative estimate of drug-likeness (QED) is 0.136. The van der Waals surface area contributed by atoms with E-state index < -0.39 is 0 Å². The van der Waals surface area contributed by atoms with E-state index in [0.717, 1.165) is 35.6 Å². The van der Waals surface area contributed by atoms with Gasteiger partial charge in [-0.15, -0.1) is 0 Å². The summed E-state index contributed by atoms with van der Waals surface area (Å²) >= 11 is 0. The number of hydrogen-bond acceptors (Lipinski definition) is 2. The first-order valence-electron chi connectivity index (χ1n) is 30.8. The summed E-state index contributed by atoms with van der Waals surface area (Å²) in [5.41, 5.74) is 34.1. The molecular formula is C84H62N4. The van der Waals surface area contributed by atoms with Crippen LogP contribution in [0.5, 0.6) is 0 Å².